The molecule has 0 radical (unpaired) electrons. The van der Waals surface area contributed by atoms with Gasteiger partial charge in [-0.15, -0.1) is 0 Å². The van der Waals surface area contributed by atoms with Gasteiger partial charge in [0.25, 0.3) is 0 Å². The van der Waals surface area contributed by atoms with Gasteiger partial charge in [0.15, 0.2) is 5.82 Å². The van der Waals surface area contributed by atoms with Crippen molar-refractivity contribution in [1.82, 2.24) is 15.5 Å². The Morgan fingerprint density at radius 1 is 1.60 bits per heavy atom. The first kappa shape index (κ1) is 12.1. The molecule has 0 bridgehead atoms. The fourth-order valence-electron chi connectivity index (χ4n) is 1.16. The monoisotopic (exact) mass is 215 g/mol. The van der Waals surface area contributed by atoms with Gasteiger partial charge in [0.2, 0.25) is 5.89 Å². The van der Waals surface area contributed by atoms with Gasteiger partial charge in [-0.25, -0.2) is 0 Å². The second-order valence-electron chi connectivity index (χ2n) is 3.30. The van der Waals surface area contributed by atoms with Crippen molar-refractivity contribution in [3.8, 4) is 0 Å². The minimum Gasteiger partial charge on any atom is -0.391 e. The molecule has 1 atom stereocenters. The number of aryl methyl sites for hydroxylation is 1. The molecule has 0 spiro atoms. The van der Waals surface area contributed by atoms with Crippen LogP contribution in [-0.2, 0) is 11.3 Å². The van der Waals surface area contributed by atoms with Gasteiger partial charge < -0.3 is 19.7 Å². The molecule has 0 fully saturated rings. The maximum absolute atomic E-state index is 9.34. The molecular formula is C9H17N3O3. The van der Waals surface area contributed by atoms with Crippen LogP contribution < -0.4 is 5.32 Å². The molecular weight excluding hydrogens is 198 g/mol. The van der Waals surface area contributed by atoms with Gasteiger partial charge in [0.05, 0.1) is 19.3 Å². The van der Waals surface area contributed by atoms with Crippen LogP contribution in [0.5, 0.6) is 0 Å². The van der Waals surface area contributed by atoms with E-state index in [1.807, 2.05) is 0 Å². The maximum Gasteiger partial charge on any atom is 0.223 e. The van der Waals surface area contributed by atoms with Crippen molar-refractivity contribution in [2.24, 2.45) is 0 Å². The number of nitrogens with zero attached hydrogens (tertiary/aromatic N) is 2. The number of hydrogen-bond donors (Lipinski definition) is 2. The fourth-order valence-corrected chi connectivity index (χ4v) is 1.16. The molecule has 0 aliphatic carbocycles. The summed E-state index contributed by atoms with van der Waals surface area (Å²) in [6, 6.07) is 0. The third kappa shape index (κ3) is 4.87. The summed E-state index contributed by atoms with van der Waals surface area (Å²) < 4.78 is 9.62. The van der Waals surface area contributed by atoms with E-state index in [-0.39, 0.29) is 0 Å². The summed E-state index contributed by atoms with van der Waals surface area (Å²) in [4.78, 5) is 4.04. The second kappa shape index (κ2) is 6.49. The van der Waals surface area contributed by atoms with E-state index < -0.39 is 6.10 Å². The Bertz CT molecular complexity index is 277. The molecule has 0 aliphatic heterocycles. The van der Waals surface area contributed by atoms with Crippen LogP contribution in [0.15, 0.2) is 4.52 Å². The van der Waals surface area contributed by atoms with Crippen LogP contribution >= 0.6 is 0 Å². The molecule has 0 aliphatic rings. The number of hydrogen-bond acceptors (Lipinski definition) is 6. The van der Waals surface area contributed by atoms with Gasteiger partial charge in [-0.05, 0) is 13.0 Å². The number of nitrogens with one attached hydrogen (secondary N) is 1. The van der Waals surface area contributed by atoms with Crippen LogP contribution in [0.3, 0.4) is 0 Å². The predicted octanol–water partition coefficient (Wildman–Crippen LogP) is -0.135. The third-order valence-corrected chi connectivity index (χ3v) is 1.87. The van der Waals surface area contributed by atoms with Crippen molar-refractivity contribution in [3.05, 3.63) is 11.7 Å². The van der Waals surface area contributed by atoms with E-state index in [2.05, 4.69) is 15.5 Å². The van der Waals surface area contributed by atoms with E-state index in [1.165, 1.54) is 0 Å². The zero-order chi connectivity index (χ0) is 11.1. The molecule has 0 saturated carbocycles. The van der Waals surface area contributed by atoms with Crippen molar-refractivity contribution >= 4 is 0 Å². The SMILES string of the molecule is COCC(O)CCNCc1noc(C)n1. The van der Waals surface area contributed by atoms with Gasteiger partial charge in [0, 0.05) is 14.0 Å². The largest absolute Gasteiger partial charge is 0.391 e. The average molecular weight is 215 g/mol. The minimum absolute atomic E-state index is 0.364. The van der Waals surface area contributed by atoms with Gasteiger partial charge in [-0.1, -0.05) is 5.16 Å². The number of aliphatic hydroxyl groups excluding tert-OH is 1. The molecule has 1 aromatic rings. The first-order valence-electron chi connectivity index (χ1n) is 4.89. The number of rotatable bonds is 7. The summed E-state index contributed by atoms with van der Waals surface area (Å²) in [6.07, 6.45) is 0.222. The highest BCUT2D eigenvalue weighted by molar-refractivity contribution is 4.82. The summed E-state index contributed by atoms with van der Waals surface area (Å²) in [5.41, 5.74) is 0. The summed E-state index contributed by atoms with van der Waals surface area (Å²) >= 11 is 0. The highest BCUT2D eigenvalue weighted by atomic mass is 16.5. The van der Waals surface area contributed by atoms with Crippen molar-refractivity contribution < 1.29 is 14.4 Å². The van der Waals surface area contributed by atoms with E-state index in [9.17, 15) is 5.11 Å². The first-order chi connectivity index (χ1) is 7.22. The minimum atomic E-state index is -0.422. The lowest BCUT2D eigenvalue weighted by Gasteiger charge is -2.08. The summed E-state index contributed by atoms with van der Waals surface area (Å²) in [5, 5.41) is 16.2. The van der Waals surface area contributed by atoms with Crippen molar-refractivity contribution in [1.29, 1.82) is 0 Å². The molecule has 15 heavy (non-hydrogen) atoms. The van der Waals surface area contributed by atoms with Crippen molar-refractivity contribution in [2.75, 3.05) is 20.3 Å². The highest BCUT2D eigenvalue weighted by Crippen LogP contribution is 1.95. The zero-order valence-electron chi connectivity index (χ0n) is 9.06. The molecule has 0 saturated heterocycles. The molecule has 1 unspecified atom stereocenters. The Kier molecular flexibility index (Phi) is 5.23. The van der Waals surface area contributed by atoms with E-state index in [0.29, 0.717) is 37.8 Å². The van der Waals surface area contributed by atoms with Gasteiger partial charge in [0.1, 0.15) is 0 Å². The molecule has 6 heteroatoms. The lowest BCUT2D eigenvalue weighted by atomic mass is 10.2. The second-order valence-corrected chi connectivity index (χ2v) is 3.30. The summed E-state index contributed by atoms with van der Waals surface area (Å²) in [5.74, 6) is 1.19. The Balaban J connectivity index is 2.06. The Morgan fingerprint density at radius 3 is 3.00 bits per heavy atom. The van der Waals surface area contributed by atoms with E-state index in [4.69, 9.17) is 9.26 Å². The van der Waals surface area contributed by atoms with E-state index >= 15 is 0 Å². The Labute approximate surface area is 88.6 Å². The number of methoxy groups -OCH3 is 1. The van der Waals surface area contributed by atoms with Gasteiger partial charge in [-0.3, -0.25) is 0 Å². The number of aromatic nitrogens is 2. The molecule has 6 nitrogen and oxygen atoms in total. The average Bonchev–Trinajstić information content (AvgIpc) is 2.60. The highest BCUT2D eigenvalue weighted by Gasteiger charge is 2.04. The van der Waals surface area contributed by atoms with Crippen LogP contribution in [0.1, 0.15) is 18.1 Å². The summed E-state index contributed by atoms with van der Waals surface area (Å²) in [7, 11) is 1.57. The van der Waals surface area contributed by atoms with Crippen LogP contribution in [0.25, 0.3) is 0 Å². The number of aliphatic hydroxyl groups is 1. The standard InChI is InChI=1S/C9H17N3O3/c1-7-11-9(12-15-7)5-10-4-3-8(13)6-14-2/h8,10,13H,3-6H2,1-2H3. The first-order valence-corrected chi connectivity index (χ1v) is 4.89. The predicted molar refractivity (Wildman–Crippen MR) is 53.2 cm³/mol. The van der Waals surface area contributed by atoms with Crippen molar-refractivity contribution in [2.45, 2.75) is 26.0 Å². The Morgan fingerprint density at radius 2 is 2.40 bits per heavy atom. The van der Waals surface area contributed by atoms with Crippen LogP contribution in [0.4, 0.5) is 0 Å². The molecule has 1 aromatic heterocycles. The third-order valence-electron chi connectivity index (χ3n) is 1.87. The topological polar surface area (TPSA) is 80.4 Å². The maximum atomic E-state index is 9.34. The number of ether oxygens (including phenoxy) is 1. The van der Waals surface area contributed by atoms with Gasteiger partial charge >= 0.3 is 0 Å². The fraction of sp³-hybridized carbons (Fsp3) is 0.778. The van der Waals surface area contributed by atoms with Crippen LogP contribution in [0.2, 0.25) is 0 Å². The quantitative estimate of drug-likeness (QED) is 0.616. The Hall–Kier alpha value is -0.980. The smallest absolute Gasteiger partial charge is 0.223 e. The van der Waals surface area contributed by atoms with Crippen LogP contribution in [-0.4, -0.2) is 41.6 Å². The lowest BCUT2D eigenvalue weighted by molar-refractivity contribution is 0.0594. The van der Waals surface area contributed by atoms with Gasteiger partial charge in [-0.2, -0.15) is 4.98 Å². The van der Waals surface area contributed by atoms with Crippen LogP contribution in [0, 0.1) is 6.92 Å². The molecule has 86 valence electrons. The molecule has 1 rings (SSSR count). The van der Waals surface area contributed by atoms with Crippen molar-refractivity contribution in [3.63, 3.8) is 0 Å². The molecule has 2 N–H and O–H groups in total. The summed E-state index contributed by atoms with van der Waals surface area (Å²) in [6.45, 7) is 3.36. The normalized spacial score (nSPS) is 13.0. The molecule has 0 aromatic carbocycles. The lowest BCUT2D eigenvalue weighted by Crippen LogP contribution is -2.23. The molecule has 1 heterocycles. The van der Waals surface area contributed by atoms with E-state index in [1.54, 1.807) is 14.0 Å². The van der Waals surface area contributed by atoms with E-state index in [0.717, 1.165) is 0 Å². The zero-order valence-corrected chi connectivity index (χ0v) is 9.06. The molecule has 0 amide bonds.